The Morgan fingerprint density at radius 2 is 0.838 bits per heavy atom. The zero-order chi connectivity index (χ0) is 82.7. The Bertz CT molecular complexity index is 3570. The van der Waals surface area contributed by atoms with Crippen LogP contribution in [0.25, 0.3) is 0 Å². The van der Waals surface area contributed by atoms with E-state index >= 15 is 0 Å². The summed E-state index contributed by atoms with van der Waals surface area (Å²) < 4.78 is 0. The van der Waals surface area contributed by atoms with Gasteiger partial charge in [-0.3, -0.25) is 82.3 Å². The minimum absolute atomic E-state index is 0.0174. The zero-order valence-electron chi connectivity index (χ0n) is 62.5. The summed E-state index contributed by atoms with van der Waals surface area (Å²) in [6, 6.07) is -0.669. The highest BCUT2D eigenvalue weighted by Gasteiger charge is 2.39. The number of benzene rings is 2. The first-order chi connectivity index (χ1) is 52.6. The summed E-state index contributed by atoms with van der Waals surface area (Å²) in [5.74, 6) is -18.4. The van der Waals surface area contributed by atoms with Crippen molar-refractivity contribution in [2.75, 3.05) is 50.8 Å². The highest BCUT2D eigenvalue weighted by Crippen LogP contribution is 2.24. The van der Waals surface area contributed by atoms with Crippen LogP contribution in [-0.2, 0) is 80.0 Å². The first-order valence-electron chi connectivity index (χ1n) is 35.9. The number of nitrogens with one attached hydrogen (secondary N) is 12. The third-order valence-corrected chi connectivity index (χ3v) is 19.6. The molecule has 12 amide bonds. The van der Waals surface area contributed by atoms with Gasteiger partial charge in [-0.15, -0.1) is 0 Å². The number of hydrogen-bond acceptors (Lipinski definition) is 21. The van der Waals surface area contributed by atoms with Gasteiger partial charge in [0, 0.05) is 50.5 Å². The first kappa shape index (κ1) is 94.0. The van der Waals surface area contributed by atoms with Gasteiger partial charge in [0.25, 0.3) is 0 Å². The molecule has 1 heterocycles. The molecule has 0 aromatic heterocycles. The Morgan fingerprint density at radius 1 is 0.459 bits per heavy atom. The second-order valence-electron chi connectivity index (χ2n) is 26.1. The highest BCUT2D eigenvalue weighted by atomic mass is 33.1. The number of hydrogen-bond donors (Lipinski definition) is 23. The number of carbonyl (C=O) groups excluding carboxylic acids is 12. The number of nitrogens with zero attached hydrogens (tertiary/aromatic N) is 4. The molecule has 0 aliphatic carbocycles. The van der Waals surface area contributed by atoms with Gasteiger partial charge in [0.2, 0.25) is 70.9 Å². The van der Waals surface area contributed by atoms with E-state index in [1.54, 1.807) is 88.4 Å². The standard InChI is InChI=1S/C68H109N25O16S2/c1-5-36(3)52-62(106)88-45(30-39-19-11-8-12-20-39)59(103)85-42(23-15-27-80-67(74)75)56(100)91-48(64(108)109)35-111-110-34-47(90-54(98)40(69)21-13-25-78-65(70)71)61(105)87-44(29-38-17-9-7-10-18-38)55(99)83-32-49(94)82-33-50(95)84-41(22-14-26-79-66(72)73)57(101)92-53(37(4)6-2)63(107)89-46(31-51(96)97)60(104)86-43(58(102)93-52)24-16-28-81-68(76)77/h7-12,17-20,36-37,40-48,52-53H,5-6,13-16,21-35,69H2,1-4H3,(H,82,94)(H,83,99)(H,84,95)(H,85,103)(H,86,104)(H,87,105)(H,88,106)(H,89,107)(H,90,98)(H,91,100)(H,92,101)(H,93,102)(H,96,97)(H,108,109)(H4,70,71,78)(H4,72,73,79)(H4,74,75,80)(H4,76,77,81)/t36-,37-,40+,41+,42+,43-,44+,45-,46+,47+,48+,52+,53-/m0/s1. The van der Waals surface area contributed by atoms with E-state index in [0.717, 1.165) is 21.6 Å². The van der Waals surface area contributed by atoms with E-state index in [-0.39, 0.29) is 133 Å². The Hall–Kier alpha value is -11.2. The highest BCUT2D eigenvalue weighted by molar-refractivity contribution is 8.76. The number of rotatable bonds is 29. The topological polar surface area (TPSA) is 707 Å². The Labute approximate surface area is 650 Å². The lowest BCUT2D eigenvalue weighted by Gasteiger charge is -2.30. The van der Waals surface area contributed by atoms with E-state index in [9.17, 15) is 77.3 Å². The second kappa shape index (κ2) is 50.5. The van der Waals surface area contributed by atoms with Crippen LogP contribution in [0.15, 0.2) is 80.6 Å². The molecule has 0 saturated carbocycles. The first-order valence-corrected chi connectivity index (χ1v) is 38.4. The van der Waals surface area contributed by atoms with Crippen LogP contribution in [0.4, 0.5) is 0 Å². The van der Waals surface area contributed by atoms with Gasteiger partial charge in [-0.1, -0.05) is 123 Å². The molecule has 1 fully saturated rings. The second-order valence-corrected chi connectivity index (χ2v) is 28.6. The summed E-state index contributed by atoms with van der Waals surface area (Å²) in [5.41, 5.74) is 51.6. The lowest BCUT2D eigenvalue weighted by Crippen LogP contribution is -2.62. The van der Waals surface area contributed by atoms with Crippen molar-refractivity contribution in [1.82, 2.24) is 63.8 Å². The molecule has 1 aliphatic rings. The van der Waals surface area contributed by atoms with Crippen molar-refractivity contribution in [3.63, 3.8) is 0 Å². The van der Waals surface area contributed by atoms with E-state index < -0.39 is 186 Å². The van der Waals surface area contributed by atoms with Crippen LogP contribution < -0.4 is 115 Å². The number of carboxylic acid groups (broad SMARTS) is 2. The number of nitrogens with two attached hydrogens (primary N) is 9. The molecular formula is C68H109N25O16S2. The summed E-state index contributed by atoms with van der Waals surface area (Å²) in [6.07, 6.45) is -1.52. The lowest BCUT2D eigenvalue weighted by molar-refractivity contribution is -0.142. The van der Waals surface area contributed by atoms with Gasteiger partial charge in [0.15, 0.2) is 23.8 Å². The average molecular weight is 1600 g/mol. The molecule has 1 saturated heterocycles. The monoisotopic (exact) mass is 1600 g/mol. The largest absolute Gasteiger partial charge is 0.481 e. The number of carboxylic acids is 2. The van der Waals surface area contributed by atoms with Crippen molar-refractivity contribution < 1.29 is 77.3 Å². The number of carbonyl (C=O) groups is 14. The fraction of sp³-hybridized carbons (Fsp3) is 0.559. The molecule has 0 spiro atoms. The summed E-state index contributed by atoms with van der Waals surface area (Å²) >= 11 is 0. The smallest absolute Gasteiger partial charge is 0.327 e. The Morgan fingerprint density at radius 3 is 1.28 bits per heavy atom. The van der Waals surface area contributed by atoms with Crippen molar-refractivity contribution in [3.05, 3.63) is 71.8 Å². The molecule has 32 N–H and O–H groups in total. The molecule has 3 rings (SSSR count). The molecule has 43 heteroatoms. The van der Waals surface area contributed by atoms with Crippen molar-refractivity contribution >= 4 is 128 Å². The minimum Gasteiger partial charge on any atom is -0.481 e. The van der Waals surface area contributed by atoms with Gasteiger partial charge < -0.3 is 126 Å². The van der Waals surface area contributed by atoms with E-state index in [0.29, 0.717) is 11.1 Å². The van der Waals surface area contributed by atoms with E-state index in [1.807, 2.05) is 0 Å². The molecule has 2 aromatic rings. The van der Waals surface area contributed by atoms with Gasteiger partial charge in [-0.05, 0) is 74.3 Å². The van der Waals surface area contributed by atoms with Crippen LogP contribution in [0.5, 0.6) is 0 Å². The van der Waals surface area contributed by atoms with Crippen molar-refractivity contribution in [3.8, 4) is 0 Å². The third-order valence-electron chi connectivity index (χ3n) is 17.2. The Kier molecular flexibility index (Phi) is 42.7. The van der Waals surface area contributed by atoms with Crippen molar-refractivity contribution in [1.29, 1.82) is 0 Å². The van der Waals surface area contributed by atoms with E-state index in [1.165, 1.54) is 0 Å². The van der Waals surface area contributed by atoms with Crippen molar-refractivity contribution in [2.24, 2.45) is 83.4 Å². The zero-order valence-corrected chi connectivity index (χ0v) is 64.2. The molecule has 614 valence electrons. The maximum atomic E-state index is 14.9. The van der Waals surface area contributed by atoms with Crippen LogP contribution in [0.1, 0.15) is 109 Å². The summed E-state index contributed by atoms with van der Waals surface area (Å²) in [7, 11) is 1.70. The SMILES string of the molecule is CC[C@H](C)[C@@H]1NC(=O)[C@@H](CCCN=C(N)N)NC(=O)CNC(=O)CNC(=O)[C@@H](Cc2ccccc2)NC(=O)[C@H](NC(=O)[C@H](N)CCCN=C(N)N)CSSC[C@H](C(=O)O)NC(=O)[C@@H](CCCN=C(N)N)NC(=O)[C@H](Cc2ccccc2)NC(=O)[C@@H]([C@@H](C)CC)NC(=O)[C@H](CCCN=C(N)N)NC(=O)[C@@H](CC(=O)O)NC1=O. The third kappa shape index (κ3) is 37.2. The number of aliphatic carboxylic acids is 2. The summed E-state index contributed by atoms with van der Waals surface area (Å²) in [5, 5.41) is 51.1. The number of amides is 12. The van der Waals surface area contributed by atoms with Gasteiger partial charge in [-0.2, -0.15) is 0 Å². The molecule has 111 heavy (non-hydrogen) atoms. The van der Waals surface area contributed by atoms with E-state index in [2.05, 4.69) is 83.8 Å². The van der Waals surface area contributed by atoms with E-state index in [4.69, 9.17) is 51.6 Å². The van der Waals surface area contributed by atoms with Gasteiger partial charge in [0.1, 0.15) is 60.4 Å². The predicted molar refractivity (Wildman–Crippen MR) is 417 cm³/mol. The normalized spacial score (nSPS) is 22.6. The minimum atomic E-state index is -1.97. The summed E-state index contributed by atoms with van der Waals surface area (Å²) in [6.45, 7) is 4.76. The van der Waals surface area contributed by atoms with Crippen LogP contribution in [0.2, 0.25) is 0 Å². The maximum Gasteiger partial charge on any atom is 0.327 e. The van der Waals surface area contributed by atoms with Gasteiger partial charge >= 0.3 is 11.9 Å². The lowest BCUT2D eigenvalue weighted by atomic mass is 9.96. The molecular weight excluding hydrogens is 1490 g/mol. The van der Waals surface area contributed by atoms with Crippen LogP contribution in [0.3, 0.4) is 0 Å². The number of aliphatic imine (C=N–C) groups is 4. The predicted octanol–water partition coefficient (Wildman–Crippen LogP) is -6.86. The van der Waals surface area contributed by atoms with Crippen LogP contribution in [-0.4, -0.2) is 234 Å². The molecule has 0 bridgehead atoms. The molecule has 0 unspecified atom stereocenters. The van der Waals surface area contributed by atoms with Gasteiger partial charge in [-0.25, -0.2) is 4.79 Å². The molecule has 1 aliphatic heterocycles. The maximum absolute atomic E-state index is 14.9. The fourth-order valence-electron chi connectivity index (χ4n) is 10.6. The molecule has 2 aromatic carbocycles. The van der Waals surface area contributed by atoms with Crippen LogP contribution >= 0.6 is 21.6 Å². The Balaban J connectivity index is 2.29. The quantitative estimate of drug-likeness (QED) is 0.0156. The van der Waals surface area contributed by atoms with Gasteiger partial charge in [0.05, 0.1) is 25.6 Å². The molecule has 13 atom stereocenters. The fourth-order valence-corrected chi connectivity index (χ4v) is 13.0. The van der Waals surface area contributed by atoms with Crippen LogP contribution in [0, 0.1) is 11.8 Å². The molecule has 0 radical (unpaired) electrons. The summed E-state index contributed by atoms with van der Waals surface area (Å²) in [4.78, 5) is 213. The number of guanidine groups is 4. The van der Waals surface area contributed by atoms with Crippen molar-refractivity contribution in [2.45, 2.75) is 178 Å². The average Bonchev–Trinajstić information content (AvgIpc) is 0.851. The molecule has 41 nitrogen and oxygen atoms in total.